The van der Waals surface area contributed by atoms with E-state index in [9.17, 15) is 0 Å². The van der Waals surface area contributed by atoms with Crippen molar-refractivity contribution in [1.82, 2.24) is 14.8 Å². The molecule has 2 heterocycles. The van der Waals surface area contributed by atoms with Gasteiger partial charge in [-0.15, -0.1) is 21.5 Å². The minimum Gasteiger partial charge on any atom is -0.493 e. The summed E-state index contributed by atoms with van der Waals surface area (Å²) < 4.78 is 8.03. The van der Waals surface area contributed by atoms with E-state index in [1.54, 1.807) is 23.1 Å². The van der Waals surface area contributed by atoms with Crippen molar-refractivity contribution >= 4 is 34.7 Å². The van der Waals surface area contributed by atoms with Crippen molar-refractivity contribution in [3.63, 3.8) is 0 Å². The highest BCUT2D eigenvalue weighted by Crippen LogP contribution is 2.41. The maximum absolute atomic E-state index is 5.87. The fraction of sp³-hybridized carbons (Fsp3) is 0.294. The Hall–Kier alpha value is -1.50. The molecule has 24 heavy (non-hydrogen) atoms. The summed E-state index contributed by atoms with van der Waals surface area (Å²) in [6.45, 7) is 0.623. The molecule has 124 valence electrons. The largest absolute Gasteiger partial charge is 0.493 e. The van der Waals surface area contributed by atoms with E-state index < -0.39 is 0 Å². The maximum Gasteiger partial charge on any atom is 0.191 e. The predicted molar refractivity (Wildman–Crippen MR) is 99.3 cm³/mol. The van der Waals surface area contributed by atoms with Gasteiger partial charge in [-0.2, -0.15) is 0 Å². The molecule has 1 saturated carbocycles. The summed E-state index contributed by atoms with van der Waals surface area (Å²) in [5.41, 5.74) is 0. The molecule has 0 bridgehead atoms. The van der Waals surface area contributed by atoms with Crippen molar-refractivity contribution in [2.45, 2.75) is 24.0 Å². The molecule has 0 saturated heterocycles. The number of hydrogen-bond acceptors (Lipinski definition) is 5. The zero-order valence-corrected chi connectivity index (χ0v) is 15.3. The van der Waals surface area contributed by atoms with Gasteiger partial charge in [0, 0.05) is 16.8 Å². The van der Waals surface area contributed by atoms with Crippen LogP contribution in [0.2, 0.25) is 5.02 Å². The Labute approximate surface area is 153 Å². The molecule has 7 heteroatoms. The molecule has 1 aliphatic rings. The van der Waals surface area contributed by atoms with Crippen LogP contribution in [0.3, 0.4) is 0 Å². The van der Waals surface area contributed by atoms with Crippen LogP contribution < -0.4 is 4.74 Å². The summed E-state index contributed by atoms with van der Waals surface area (Å²) in [4.78, 5) is 1.18. The van der Waals surface area contributed by atoms with Gasteiger partial charge in [0.2, 0.25) is 0 Å². The lowest BCUT2D eigenvalue weighted by Crippen LogP contribution is -2.03. The summed E-state index contributed by atoms with van der Waals surface area (Å²) in [6.07, 6.45) is 2.43. The summed E-state index contributed by atoms with van der Waals surface area (Å²) >= 11 is 9.28. The van der Waals surface area contributed by atoms with Crippen molar-refractivity contribution in [3.8, 4) is 16.5 Å². The molecule has 0 N–H and O–H groups in total. The summed E-state index contributed by atoms with van der Waals surface area (Å²) in [7, 11) is 0. The monoisotopic (exact) mass is 377 g/mol. The first kappa shape index (κ1) is 16.0. The average Bonchev–Trinajstić information content (AvgIpc) is 3.11. The maximum atomic E-state index is 5.87. The van der Waals surface area contributed by atoms with Gasteiger partial charge < -0.3 is 4.74 Å². The van der Waals surface area contributed by atoms with Crippen LogP contribution in [0.15, 0.2) is 46.9 Å². The molecule has 0 radical (unpaired) electrons. The van der Waals surface area contributed by atoms with Crippen LogP contribution in [-0.2, 0) is 0 Å². The van der Waals surface area contributed by atoms with Crippen molar-refractivity contribution in [1.29, 1.82) is 0 Å². The summed E-state index contributed by atoms with van der Waals surface area (Å²) in [6, 6.07) is 12.1. The van der Waals surface area contributed by atoms with Crippen LogP contribution in [0.25, 0.3) is 10.7 Å². The third-order valence-corrected chi connectivity index (χ3v) is 5.74. The molecular formula is C17H16ClN3OS2. The van der Waals surface area contributed by atoms with Crippen LogP contribution in [0.1, 0.15) is 18.9 Å². The Morgan fingerprint density at radius 1 is 1.21 bits per heavy atom. The van der Waals surface area contributed by atoms with Crippen molar-refractivity contribution in [2.24, 2.45) is 0 Å². The first-order valence-electron chi connectivity index (χ1n) is 7.81. The van der Waals surface area contributed by atoms with Crippen LogP contribution in [0.4, 0.5) is 0 Å². The zero-order valence-electron chi connectivity index (χ0n) is 12.9. The minimum absolute atomic E-state index is 0.553. The van der Waals surface area contributed by atoms with E-state index in [0.717, 1.165) is 27.5 Å². The minimum atomic E-state index is 0.553. The van der Waals surface area contributed by atoms with Crippen molar-refractivity contribution in [3.05, 3.63) is 46.8 Å². The van der Waals surface area contributed by atoms with Gasteiger partial charge in [-0.3, -0.25) is 4.57 Å². The molecular weight excluding hydrogens is 362 g/mol. The quantitative estimate of drug-likeness (QED) is 0.421. The average molecular weight is 378 g/mol. The van der Waals surface area contributed by atoms with Gasteiger partial charge in [0.1, 0.15) is 5.75 Å². The number of benzene rings is 1. The number of thiophene rings is 1. The van der Waals surface area contributed by atoms with E-state index in [4.69, 9.17) is 16.3 Å². The van der Waals surface area contributed by atoms with E-state index in [0.29, 0.717) is 12.6 Å². The Morgan fingerprint density at radius 2 is 2.04 bits per heavy atom. The fourth-order valence-corrected chi connectivity index (χ4v) is 4.09. The van der Waals surface area contributed by atoms with Gasteiger partial charge in [-0.1, -0.05) is 29.4 Å². The van der Waals surface area contributed by atoms with Crippen molar-refractivity contribution in [2.75, 3.05) is 12.4 Å². The highest BCUT2D eigenvalue weighted by molar-refractivity contribution is 7.99. The third kappa shape index (κ3) is 3.61. The number of thioether (sulfide) groups is 1. The van der Waals surface area contributed by atoms with E-state index >= 15 is 0 Å². The number of halogens is 1. The normalized spacial score (nSPS) is 14.0. The van der Waals surface area contributed by atoms with E-state index in [-0.39, 0.29) is 0 Å². The molecule has 4 rings (SSSR count). The molecule has 1 aliphatic carbocycles. The lowest BCUT2D eigenvalue weighted by molar-refractivity contribution is 0.344. The van der Waals surface area contributed by atoms with Crippen LogP contribution in [0, 0.1) is 0 Å². The standard InChI is InChI=1S/C17H16ClN3OS2/c18-12-3-7-14(8-4-12)22-9-11-24-17-20-19-16(15-2-1-10-23-15)21(17)13-5-6-13/h1-4,7-8,10,13H,5-6,9,11H2. The summed E-state index contributed by atoms with van der Waals surface area (Å²) in [5, 5.41) is 12.6. The molecule has 0 amide bonds. The third-order valence-electron chi connectivity index (χ3n) is 3.71. The molecule has 1 fully saturated rings. The van der Waals surface area contributed by atoms with Gasteiger partial charge in [0.15, 0.2) is 11.0 Å². The lowest BCUT2D eigenvalue weighted by atomic mass is 10.3. The number of hydrogen-bond donors (Lipinski definition) is 0. The molecule has 4 nitrogen and oxygen atoms in total. The Morgan fingerprint density at radius 3 is 2.75 bits per heavy atom. The smallest absolute Gasteiger partial charge is 0.191 e. The number of rotatable bonds is 7. The fourth-order valence-electron chi connectivity index (χ4n) is 2.43. The molecule has 3 aromatic rings. The van der Waals surface area contributed by atoms with Crippen LogP contribution in [-0.4, -0.2) is 27.1 Å². The van der Waals surface area contributed by atoms with Gasteiger partial charge >= 0.3 is 0 Å². The van der Waals surface area contributed by atoms with E-state index in [1.807, 2.05) is 24.3 Å². The first-order valence-corrected chi connectivity index (χ1v) is 10.1. The van der Waals surface area contributed by atoms with Crippen LogP contribution >= 0.6 is 34.7 Å². The van der Waals surface area contributed by atoms with Gasteiger partial charge in [0.05, 0.1) is 11.5 Å². The topological polar surface area (TPSA) is 39.9 Å². The lowest BCUT2D eigenvalue weighted by Gasteiger charge is -2.08. The highest BCUT2D eigenvalue weighted by Gasteiger charge is 2.30. The van der Waals surface area contributed by atoms with E-state index in [1.165, 1.54) is 17.7 Å². The number of ether oxygens (including phenoxy) is 1. The summed E-state index contributed by atoms with van der Waals surface area (Å²) in [5.74, 6) is 2.66. The second-order valence-electron chi connectivity index (χ2n) is 5.54. The predicted octanol–water partition coefficient (Wildman–Crippen LogP) is 5.17. The zero-order chi connectivity index (χ0) is 16.4. The van der Waals surface area contributed by atoms with Gasteiger partial charge in [-0.05, 0) is 48.6 Å². The molecule has 0 spiro atoms. The number of aromatic nitrogens is 3. The SMILES string of the molecule is Clc1ccc(OCCSc2nnc(-c3cccs3)n2C2CC2)cc1. The first-order chi connectivity index (χ1) is 11.8. The highest BCUT2D eigenvalue weighted by atomic mass is 35.5. The molecule has 1 aromatic carbocycles. The second kappa shape index (κ2) is 7.17. The van der Waals surface area contributed by atoms with Crippen LogP contribution in [0.5, 0.6) is 5.75 Å². The molecule has 0 unspecified atom stereocenters. The Balaban J connectivity index is 1.39. The van der Waals surface area contributed by atoms with Gasteiger partial charge in [0.25, 0.3) is 0 Å². The van der Waals surface area contributed by atoms with E-state index in [2.05, 4.69) is 32.3 Å². The van der Waals surface area contributed by atoms with Gasteiger partial charge in [-0.25, -0.2) is 0 Å². The van der Waals surface area contributed by atoms with Crippen molar-refractivity contribution < 1.29 is 4.74 Å². The second-order valence-corrected chi connectivity index (χ2v) is 7.98. The Bertz CT molecular complexity index is 798. The Kier molecular flexibility index (Phi) is 4.78. The number of nitrogens with zero attached hydrogens (tertiary/aromatic N) is 3. The molecule has 2 aromatic heterocycles. The molecule has 0 aliphatic heterocycles. The molecule has 0 atom stereocenters.